The molecule has 0 aliphatic carbocycles. The zero-order valence-corrected chi connectivity index (χ0v) is 24.3. The van der Waals surface area contributed by atoms with Crippen molar-refractivity contribution in [3.8, 4) is 22.5 Å². The number of fused-ring (bicyclic) bond motifs is 10. The largest absolute Gasteiger partial charge is 0.455 e. The van der Waals surface area contributed by atoms with E-state index in [4.69, 9.17) is 4.42 Å². The van der Waals surface area contributed by atoms with E-state index in [1.54, 1.807) is 0 Å². The maximum absolute atomic E-state index is 6.51. The first-order valence-electron chi connectivity index (χ1n) is 15.4. The fraction of sp³-hybridized carbons (Fsp3) is 0. The van der Waals surface area contributed by atoms with Gasteiger partial charge in [-0.1, -0.05) is 97.1 Å². The Balaban J connectivity index is 1.18. The molecule has 3 heterocycles. The molecule has 0 unspecified atom stereocenters. The molecule has 0 bridgehead atoms. The van der Waals surface area contributed by atoms with Gasteiger partial charge in [-0.05, 0) is 71.8 Å². The highest BCUT2D eigenvalue weighted by atomic mass is 16.3. The van der Waals surface area contributed by atoms with Gasteiger partial charge in [0.1, 0.15) is 11.2 Å². The van der Waals surface area contributed by atoms with Gasteiger partial charge in [0.15, 0.2) is 0 Å². The van der Waals surface area contributed by atoms with E-state index in [1.807, 2.05) is 6.07 Å². The number of benzene rings is 7. The van der Waals surface area contributed by atoms with Gasteiger partial charge in [-0.2, -0.15) is 0 Å². The lowest BCUT2D eigenvalue weighted by molar-refractivity contribution is 0.673. The zero-order chi connectivity index (χ0) is 29.5. The van der Waals surface area contributed by atoms with E-state index in [0.717, 1.165) is 49.7 Å². The lowest BCUT2D eigenvalue weighted by atomic mass is 10.0. The fourth-order valence-electron chi connectivity index (χ4n) is 7.36. The molecule has 0 spiro atoms. The summed E-state index contributed by atoms with van der Waals surface area (Å²) in [7, 11) is 0. The second-order valence-electron chi connectivity index (χ2n) is 11.8. The van der Waals surface area contributed by atoms with Crippen molar-refractivity contribution in [1.82, 2.24) is 9.13 Å². The molecular formula is C42H26N2O. The first kappa shape index (κ1) is 24.4. The number of rotatable bonds is 3. The van der Waals surface area contributed by atoms with Gasteiger partial charge in [0.05, 0.1) is 27.5 Å². The van der Waals surface area contributed by atoms with Crippen LogP contribution in [0.4, 0.5) is 0 Å². The highest BCUT2D eigenvalue weighted by Crippen LogP contribution is 2.41. The molecule has 0 saturated heterocycles. The van der Waals surface area contributed by atoms with Crippen molar-refractivity contribution in [3.63, 3.8) is 0 Å². The van der Waals surface area contributed by atoms with Crippen LogP contribution in [0.15, 0.2) is 162 Å². The van der Waals surface area contributed by atoms with E-state index in [-0.39, 0.29) is 0 Å². The van der Waals surface area contributed by atoms with Gasteiger partial charge >= 0.3 is 0 Å². The summed E-state index contributed by atoms with van der Waals surface area (Å²) in [6.07, 6.45) is 0. The SMILES string of the molecule is c1cc(-c2cccc(-n3c4ccccc4c4c5oc6ccccc6c5ccc43)c2)cc(-n2c3ccccc3c3ccccc32)c1. The Bertz CT molecular complexity index is 2720. The molecule has 3 heteroatoms. The molecule has 0 atom stereocenters. The van der Waals surface area contributed by atoms with E-state index < -0.39 is 0 Å². The Labute approximate surface area is 258 Å². The van der Waals surface area contributed by atoms with E-state index >= 15 is 0 Å². The number of para-hydroxylation sites is 4. The van der Waals surface area contributed by atoms with Crippen LogP contribution < -0.4 is 0 Å². The lowest BCUT2D eigenvalue weighted by Gasteiger charge is -2.12. The molecule has 3 aromatic heterocycles. The van der Waals surface area contributed by atoms with Gasteiger partial charge in [0, 0.05) is 38.3 Å². The van der Waals surface area contributed by atoms with Gasteiger partial charge in [0.2, 0.25) is 0 Å². The third kappa shape index (κ3) is 3.46. The normalized spacial score (nSPS) is 12.0. The third-order valence-corrected chi connectivity index (χ3v) is 9.30. The minimum atomic E-state index is 0.918. The summed E-state index contributed by atoms with van der Waals surface area (Å²) in [5.41, 5.74) is 11.2. The number of furan rings is 1. The van der Waals surface area contributed by atoms with Crippen LogP contribution in [0, 0.1) is 0 Å². The van der Waals surface area contributed by atoms with Crippen molar-refractivity contribution in [3.05, 3.63) is 158 Å². The Morgan fingerprint density at radius 3 is 1.51 bits per heavy atom. The average Bonchev–Trinajstić information content (AvgIpc) is 3.76. The number of nitrogens with zero attached hydrogens (tertiary/aromatic N) is 2. The van der Waals surface area contributed by atoms with Crippen LogP contribution in [0.25, 0.3) is 88.1 Å². The molecule has 0 aliphatic rings. The van der Waals surface area contributed by atoms with E-state index in [2.05, 4.69) is 161 Å². The number of aromatic nitrogens is 2. The molecule has 0 saturated carbocycles. The molecule has 0 radical (unpaired) electrons. The molecule has 0 fully saturated rings. The van der Waals surface area contributed by atoms with Gasteiger partial charge in [-0.25, -0.2) is 0 Å². The highest BCUT2D eigenvalue weighted by Gasteiger charge is 2.19. The van der Waals surface area contributed by atoms with Crippen LogP contribution in [0.5, 0.6) is 0 Å². The van der Waals surface area contributed by atoms with Crippen LogP contribution in [-0.2, 0) is 0 Å². The minimum absolute atomic E-state index is 0.918. The maximum atomic E-state index is 6.51. The van der Waals surface area contributed by atoms with Crippen LogP contribution in [0.1, 0.15) is 0 Å². The first-order valence-corrected chi connectivity index (χ1v) is 15.4. The van der Waals surface area contributed by atoms with Gasteiger partial charge in [-0.3, -0.25) is 0 Å². The third-order valence-electron chi connectivity index (χ3n) is 9.30. The Kier molecular flexibility index (Phi) is 5.00. The van der Waals surface area contributed by atoms with Crippen molar-refractivity contribution in [1.29, 1.82) is 0 Å². The molecule has 45 heavy (non-hydrogen) atoms. The quantitative estimate of drug-likeness (QED) is 0.206. The Hall–Kier alpha value is -6.06. The predicted molar refractivity (Wildman–Crippen MR) is 188 cm³/mol. The van der Waals surface area contributed by atoms with E-state index in [0.29, 0.717) is 0 Å². The minimum Gasteiger partial charge on any atom is -0.455 e. The summed E-state index contributed by atoms with van der Waals surface area (Å²) in [5.74, 6) is 0. The number of hydrogen-bond donors (Lipinski definition) is 0. The molecule has 3 nitrogen and oxygen atoms in total. The van der Waals surface area contributed by atoms with E-state index in [1.165, 1.54) is 38.3 Å². The van der Waals surface area contributed by atoms with Crippen molar-refractivity contribution in [2.24, 2.45) is 0 Å². The first-order chi connectivity index (χ1) is 22.3. The smallest absolute Gasteiger partial charge is 0.145 e. The van der Waals surface area contributed by atoms with Crippen molar-refractivity contribution < 1.29 is 4.42 Å². The molecule has 10 rings (SSSR count). The summed E-state index contributed by atoms with van der Waals surface area (Å²) >= 11 is 0. The Morgan fingerprint density at radius 1 is 0.356 bits per heavy atom. The summed E-state index contributed by atoms with van der Waals surface area (Å²) in [5, 5.41) is 7.18. The summed E-state index contributed by atoms with van der Waals surface area (Å²) in [6, 6.07) is 56.5. The zero-order valence-electron chi connectivity index (χ0n) is 24.3. The molecule has 210 valence electrons. The van der Waals surface area contributed by atoms with Crippen molar-refractivity contribution >= 4 is 65.6 Å². The topological polar surface area (TPSA) is 23.0 Å². The summed E-state index contributed by atoms with van der Waals surface area (Å²) in [4.78, 5) is 0. The monoisotopic (exact) mass is 574 g/mol. The van der Waals surface area contributed by atoms with E-state index in [9.17, 15) is 0 Å². The van der Waals surface area contributed by atoms with Crippen LogP contribution in [0.2, 0.25) is 0 Å². The summed E-state index contributed by atoms with van der Waals surface area (Å²) in [6.45, 7) is 0. The maximum Gasteiger partial charge on any atom is 0.145 e. The second-order valence-corrected chi connectivity index (χ2v) is 11.8. The standard InChI is InChI=1S/C42H26N2O/c1-5-19-36-31(15-1)32-16-2-6-20-37(32)43(36)29-13-9-11-27(25-29)28-12-10-14-30(26-28)44-38-21-7-3-18-35(38)41-39(44)24-23-34-33-17-4-8-22-40(33)45-42(34)41/h1-26H. The van der Waals surface area contributed by atoms with Gasteiger partial charge < -0.3 is 13.6 Å². The van der Waals surface area contributed by atoms with Crippen LogP contribution in [-0.4, -0.2) is 9.13 Å². The fourth-order valence-corrected chi connectivity index (χ4v) is 7.36. The predicted octanol–water partition coefficient (Wildman–Crippen LogP) is 11.4. The molecule has 0 aliphatic heterocycles. The average molecular weight is 575 g/mol. The Morgan fingerprint density at radius 2 is 0.867 bits per heavy atom. The molecule has 0 N–H and O–H groups in total. The second kappa shape index (κ2) is 9.22. The van der Waals surface area contributed by atoms with Crippen molar-refractivity contribution in [2.45, 2.75) is 0 Å². The van der Waals surface area contributed by atoms with Crippen LogP contribution in [0.3, 0.4) is 0 Å². The number of hydrogen-bond acceptors (Lipinski definition) is 1. The van der Waals surface area contributed by atoms with Crippen LogP contribution >= 0.6 is 0 Å². The molecule has 7 aromatic carbocycles. The summed E-state index contributed by atoms with van der Waals surface area (Å²) < 4.78 is 11.3. The molecule has 10 aromatic rings. The van der Waals surface area contributed by atoms with Gasteiger partial charge in [0.25, 0.3) is 0 Å². The molecule has 0 amide bonds. The lowest BCUT2D eigenvalue weighted by Crippen LogP contribution is -1.96. The molecular weight excluding hydrogens is 548 g/mol. The van der Waals surface area contributed by atoms with Gasteiger partial charge in [-0.15, -0.1) is 0 Å². The highest BCUT2D eigenvalue weighted by molar-refractivity contribution is 6.23. The van der Waals surface area contributed by atoms with Crippen molar-refractivity contribution in [2.75, 3.05) is 0 Å².